The van der Waals surface area contributed by atoms with Crippen molar-refractivity contribution in [3.05, 3.63) is 53.2 Å². The smallest absolute Gasteiger partial charge is 0.264 e. The van der Waals surface area contributed by atoms with E-state index < -0.39 is 6.10 Å². The highest BCUT2D eigenvalue weighted by atomic mass is 32.1. The normalized spacial score (nSPS) is 12.6. The van der Waals surface area contributed by atoms with Gasteiger partial charge in [0.05, 0.1) is 4.88 Å². The van der Waals surface area contributed by atoms with Crippen LogP contribution in [0, 0.1) is 0 Å². The van der Waals surface area contributed by atoms with E-state index in [1.807, 2.05) is 43.5 Å². The number of aromatic nitrogens is 2. The summed E-state index contributed by atoms with van der Waals surface area (Å²) in [6.45, 7) is 11.2. The van der Waals surface area contributed by atoms with E-state index in [1.54, 1.807) is 16.2 Å². The molecule has 0 aliphatic carbocycles. The zero-order chi connectivity index (χ0) is 21.7. The molecule has 3 aromatic rings. The summed E-state index contributed by atoms with van der Waals surface area (Å²) in [7, 11) is 0. The predicted octanol–water partition coefficient (Wildman–Crippen LogP) is 5.30. The van der Waals surface area contributed by atoms with Crippen molar-refractivity contribution in [1.29, 1.82) is 0 Å². The lowest BCUT2D eigenvalue weighted by atomic mass is 9.87. The molecule has 0 saturated heterocycles. The standard InChI is InChI=1S/C23H29N3O3S/c1-6-18(28-17-12-10-16(11-13-17)23(3,4)5)22(27)26(7-2)15-20-24-21(25-29-20)19-9-8-14-30-19/h8-14,18H,6-7,15H2,1-5H3. The van der Waals surface area contributed by atoms with Crippen LogP contribution in [-0.4, -0.2) is 33.6 Å². The molecule has 1 atom stereocenters. The first-order valence-corrected chi connectivity index (χ1v) is 11.1. The SMILES string of the molecule is CCC(Oc1ccc(C(C)(C)C)cc1)C(=O)N(CC)Cc1nc(-c2cccs2)no1. The Balaban J connectivity index is 1.67. The number of carbonyl (C=O) groups is 1. The molecule has 0 saturated carbocycles. The summed E-state index contributed by atoms with van der Waals surface area (Å²) in [6, 6.07) is 11.8. The molecule has 2 aromatic heterocycles. The minimum atomic E-state index is -0.565. The predicted molar refractivity (Wildman–Crippen MR) is 119 cm³/mol. The third-order valence-electron chi connectivity index (χ3n) is 4.87. The Bertz CT molecular complexity index is 943. The van der Waals surface area contributed by atoms with Gasteiger partial charge in [0, 0.05) is 6.54 Å². The average molecular weight is 428 g/mol. The van der Waals surface area contributed by atoms with Gasteiger partial charge in [-0.25, -0.2) is 0 Å². The zero-order valence-corrected chi connectivity index (χ0v) is 19.0. The molecule has 0 aliphatic rings. The topological polar surface area (TPSA) is 68.5 Å². The van der Waals surface area contributed by atoms with Crippen molar-refractivity contribution in [2.24, 2.45) is 0 Å². The maximum absolute atomic E-state index is 13.1. The molecule has 6 nitrogen and oxygen atoms in total. The minimum Gasteiger partial charge on any atom is -0.481 e. The van der Waals surface area contributed by atoms with Crippen LogP contribution in [0.25, 0.3) is 10.7 Å². The minimum absolute atomic E-state index is 0.0730. The van der Waals surface area contributed by atoms with Crippen LogP contribution in [0.15, 0.2) is 46.3 Å². The zero-order valence-electron chi connectivity index (χ0n) is 18.2. The van der Waals surface area contributed by atoms with E-state index >= 15 is 0 Å². The van der Waals surface area contributed by atoms with Gasteiger partial charge in [-0.3, -0.25) is 4.79 Å². The van der Waals surface area contributed by atoms with Gasteiger partial charge in [0.25, 0.3) is 5.91 Å². The molecule has 1 aromatic carbocycles. The van der Waals surface area contributed by atoms with E-state index in [0.29, 0.717) is 30.4 Å². The van der Waals surface area contributed by atoms with Gasteiger partial charge in [-0.2, -0.15) is 4.98 Å². The Morgan fingerprint density at radius 1 is 1.20 bits per heavy atom. The van der Waals surface area contributed by atoms with Gasteiger partial charge < -0.3 is 14.2 Å². The summed E-state index contributed by atoms with van der Waals surface area (Å²) in [5.41, 5.74) is 1.30. The van der Waals surface area contributed by atoms with Crippen molar-refractivity contribution >= 4 is 17.2 Å². The van der Waals surface area contributed by atoms with E-state index in [9.17, 15) is 4.79 Å². The first-order valence-electron chi connectivity index (χ1n) is 10.2. The average Bonchev–Trinajstić information content (AvgIpc) is 3.41. The summed E-state index contributed by atoms with van der Waals surface area (Å²) in [5.74, 6) is 1.57. The number of hydrogen-bond donors (Lipinski definition) is 0. The maximum atomic E-state index is 13.1. The number of amides is 1. The second kappa shape index (κ2) is 9.43. The fourth-order valence-electron chi connectivity index (χ4n) is 3.04. The number of benzene rings is 1. The number of rotatable bonds is 8. The van der Waals surface area contributed by atoms with Gasteiger partial charge in [0.15, 0.2) is 6.10 Å². The number of ether oxygens (including phenoxy) is 1. The van der Waals surface area contributed by atoms with E-state index in [4.69, 9.17) is 9.26 Å². The number of hydrogen-bond acceptors (Lipinski definition) is 6. The third kappa shape index (κ3) is 5.27. The Morgan fingerprint density at radius 2 is 1.93 bits per heavy atom. The fraction of sp³-hybridized carbons (Fsp3) is 0.435. The van der Waals surface area contributed by atoms with E-state index in [-0.39, 0.29) is 17.9 Å². The lowest BCUT2D eigenvalue weighted by Gasteiger charge is -2.25. The summed E-state index contributed by atoms with van der Waals surface area (Å²) in [4.78, 5) is 20.1. The van der Waals surface area contributed by atoms with Crippen molar-refractivity contribution < 1.29 is 14.1 Å². The molecule has 0 spiro atoms. The van der Waals surface area contributed by atoms with Crippen molar-refractivity contribution in [2.45, 2.75) is 59.1 Å². The van der Waals surface area contributed by atoms with Crippen molar-refractivity contribution in [3.8, 4) is 16.5 Å². The highest BCUT2D eigenvalue weighted by Gasteiger charge is 2.26. The van der Waals surface area contributed by atoms with E-state index in [2.05, 4.69) is 43.0 Å². The molecule has 0 aliphatic heterocycles. The molecular formula is C23H29N3O3S. The number of carbonyl (C=O) groups excluding carboxylic acids is 1. The molecule has 3 rings (SSSR count). The molecule has 0 radical (unpaired) electrons. The molecule has 0 fully saturated rings. The van der Waals surface area contributed by atoms with Crippen molar-refractivity contribution in [1.82, 2.24) is 15.0 Å². The van der Waals surface area contributed by atoms with Crippen LogP contribution in [0.2, 0.25) is 0 Å². The van der Waals surface area contributed by atoms with Crippen LogP contribution >= 0.6 is 11.3 Å². The number of likely N-dealkylation sites (N-methyl/N-ethyl adjacent to an activating group) is 1. The van der Waals surface area contributed by atoms with E-state index in [1.165, 1.54) is 5.56 Å². The number of nitrogens with zero attached hydrogens (tertiary/aromatic N) is 3. The quantitative estimate of drug-likeness (QED) is 0.488. The molecular weight excluding hydrogens is 398 g/mol. The Labute approximate surface area is 181 Å². The maximum Gasteiger partial charge on any atom is 0.264 e. The molecule has 30 heavy (non-hydrogen) atoms. The summed E-state index contributed by atoms with van der Waals surface area (Å²) in [6.07, 6.45) is 0.00537. The molecule has 160 valence electrons. The fourth-order valence-corrected chi connectivity index (χ4v) is 3.69. The van der Waals surface area contributed by atoms with Crippen LogP contribution in [-0.2, 0) is 16.8 Å². The van der Waals surface area contributed by atoms with Crippen LogP contribution < -0.4 is 4.74 Å². The molecule has 0 bridgehead atoms. The highest BCUT2D eigenvalue weighted by molar-refractivity contribution is 7.13. The van der Waals surface area contributed by atoms with Crippen molar-refractivity contribution in [3.63, 3.8) is 0 Å². The molecule has 1 amide bonds. The Morgan fingerprint density at radius 3 is 2.50 bits per heavy atom. The molecule has 0 N–H and O–H groups in total. The van der Waals surface area contributed by atoms with Gasteiger partial charge in [0.2, 0.25) is 11.7 Å². The monoisotopic (exact) mass is 427 g/mol. The second-order valence-electron chi connectivity index (χ2n) is 8.13. The van der Waals surface area contributed by atoms with Crippen LogP contribution in [0.4, 0.5) is 0 Å². The second-order valence-corrected chi connectivity index (χ2v) is 9.08. The Kier molecular flexibility index (Phi) is 6.92. The van der Waals surface area contributed by atoms with E-state index in [0.717, 1.165) is 4.88 Å². The van der Waals surface area contributed by atoms with Crippen LogP contribution in [0.5, 0.6) is 5.75 Å². The Hall–Kier alpha value is -2.67. The third-order valence-corrected chi connectivity index (χ3v) is 5.74. The van der Waals surface area contributed by atoms with Crippen molar-refractivity contribution in [2.75, 3.05) is 6.54 Å². The molecule has 1 unspecified atom stereocenters. The highest BCUT2D eigenvalue weighted by Crippen LogP contribution is 2.25. The summed E-state index contributed by atoms with van der Waals surface area (Å²) in [5, 5.41) is 5.98. The van der Waals surface area contributed by atoms with Crippen LogP contribution in [0.1, 0.15) is 52.5 Å². The molecule has 2 heterocycles. The van der Waals surface area contributed by atoms with Gasteiger partial charge in [-0.1, -0.05) is 51.1 Å². The molecule has 7 heteroatoms. The summed E-state index contributed by atoms with van der Waals surface area (Å²) < 4.78 is 11.4. The lowest BCUT2D eigenvalue weighted by molar-refractivity contribution is -0.139. The van der Waals surface area contributed by atoms with Gasteiger partial charge in [-0.05, 0) is 47.9 Å². The first-order chi connectivity index (χ1) is 14.3. The van der Waals surface area contributed by atoms with Crippen LogP contribution in [0.3, 0.4) is 0 Å². The van der Waals surface area contributed by atoms with Gasteiger partial charge >= 0.3 is 0 Å². The summed E-state index contributed by atoms with van der Waals surface area (Å²) >= 11 is 1.55. The van der Waals surface area contributed by atoms with Gasteiger partial charge in [-0.15, -0.1) is 11.3 Å². The van der Waals surface area contributed by atoms with Gasteiger partial charge in [0.1, 0.15) is 12.3 Å². The number of thiophene rings is 1. The first kappa shape index (κ1) is 22.0. The lowest BCUT2D eigenvalue weighted by Crippen LogP contribution is -2.41. The largest absolute Gasteiger partial charge is 0.481 e.